The highest BCUT2D eigenvalue weighted by atomic mass is 32.2. The van der Waals surface area contributed by atoms with Gasteiger partial charge in [0.25, 0.3) is 16.4 Å². The lowest BCUT2D eigenvalue weighted by atomic mass is 9.89. The van der Waals surface area contributed by atoms with Crippen molar-refractivity contribution in [2.75, 3.05) is 6.54 Å². The zero-order valence-corrected chi connectivity index (χ0v) is 25.7. The first-order valence-electron chi connectivity index (χ1n) is 15.7. The average Bonchev–Trinajstić information content (AvgIpc) is 3.63. The molecular formula is C30H38F2N10O2S. The van der Waals surface area contributed by atoms with E-state index in [1.54, 1.807) is 12.3 Å². The molecule has 240 valence electrons. The molecule has 2 fully saturated rings. The second-order valence-corrected chi connectivity index (χ2v) is 14.5. The van der Waals surface area contributed by atoms with E-state index in [0.29, 0.717) is 29.9 Å². The normalized spacial score (nSPS) is 25.3. The van der Waals surface area contributed by atoms with Crippen LogP contribution < -0.4 is 21.7 Å². The van der Waals surface area contributed by atoms with Crippen molar-refractivity contribution in [1.82, 2.24) is 44.9 Å². The van der Waals surface area contributed by atoms with Crippen molar-refractivity contribution in [1.29, 1.82) is 0 Å². The van der Waals surface area contributed by atoms with Crippen molar-refractivity contribution in [3.8, 4) is 11.4 Å². The molecule has 15 heteroatoms. The lowest BCUT2D eigenvalue weighted by Crippen LogP contribution is -2.50. The molecule has 0 aromatic carbocycles. The summed E-state index contributed by atoms with van der Waals surface area (Å²) in [6, 6.07) is 4.06. The average molecular weight is 641 g/mol. The number of allylic oxidation sites excluding steroid dienone is 1. The molecule has 0 amide bonds. The molecule has 5 N–H and O–H groups in total. The Hall–Kier alpha value is -3.69. The number of nitrogens with two attached hydrogens (primary N) is 1. The quantitative estimate of drug-likeness (QED) is 0.260. The topological polar surface area (TPSA) is 158 Å². The molecule has 2 saturated carbocycles. The smallest absolute Gasteiger partial charge is 0.256 e. The summed E-state index contributed by atoms with van der Waals surface area (Å²) in [4.78, 5) is 9.11. The maximum atomic E-state index is 12.7. The zero-order chi connectivity index (χ0) is 31.2. The number of dihydropyridines is 1. The minimum atomic E-state index is -3.52. The first kappa shape index (κ1) is 30.0. The van der Waals surface area contributed by atoms with Crippen LogP contribution in [0.1, 0.15) is 68.4 Å². The first-order chi connectivity index (χ1) is 21.7. The van der Waals surface area contributed by atoms with Gasteiger partial charge in [-0.2, -0.15) is 14.3 Å². The van der Waals surface area contributed by atoms with Crippen LogP contribution in [0.15, 0.2) is 48.7 Å². The van der Waals surface area contributed by atoms with E-state index in [2.05, 4.69) is 36.8 Å². The van der Waals surface area contributed by atoms with Gasteiger partial charge < -0.3 is 21.7 Å². The van der Waals surface area contributed by atoms with Crippen molar-refractivity contribution in [2.45, 2.75) is 93.8 Å². The summed E-state index contributed by atoms with van der Waals surface area (Å²) >= 11 is 0. The van der Waals surface area contributed by atoms with Crippen molar-refractivity contribution in [3.05, 3.63) is 65.8 Å². The predicted octanol–water partition coefficient (Wildman–Crippen LogP) is 2.61. The highest BCUT2D eigenvalue weighted by Crippen LogP contribution is 2.33. The summed E-state index contributed by atoms with van der Waals surface area (Å²) in [7, 11) is -3.52. The van der Waals surface area contributed by atoms with Gasteiger partial charge in [0.05, 0.1) is 41.1 Å². The van der Waals surface area contributed by atoms with Gasteiger partial charge in [0.15, 0.2) is 11.5 Å². The number of hydrogen-bond acceptors (Lipinski definition) is 10. The van der Waals surface area contributed by atoms with Crippen molar-refractivity contribution >= 4 is 15.6 Å². The van der Waals surface area contributed by atoms with Crippen molar-refractivity contribution in [3.63, 3.8) is 0 Å². The molecular weight excluding hydrogens is 602 g/mol. The van der Waals surface area contributed by atoms with E-state index in [-0.39, 0.29) is 18.6 Å². The number of nitrogens with zero attached hydrogens (tertiary/aromatic N) is 6. The minimum Gasteiger partial charge on any atom is -0.382 e. The summed E-state index contributed by atoms with van der Waals surface area (Å²) in [5.41, 5.74) is 10.5. The fraction of sp³-hybridized carbons (Fsp3) is 0.533. The van der Waals surface area contributed by atoms with E-state index in [9.17, 15) is 17.2 Å². The van der Waals surface area contributed by atoms with Crippen LogP contribution in [0, 0.1) is 0 Å². The Morgan fingerprint density at radius 3 is 2.69 bits per heavy atom. The second kappa shape index (κ2) is 11.9. The first-order valence-corrected chi connectivity index (χ1v) is 17.2. The SMILES string of the molecule is NC1(c2ccnc(-c3cnn(S(=O)(=O)C4CC4)c3)n2)C=C(NC2CCC(NCC(F)F)CC2)C(c2cc3n(n2)CCCC3)=CN1. The molecule has 2 aliphatic carbocycles. The fourth-order valence-electron chi connectivity index (χ4n) is 6.37. The Bertz CT molecular complexity index is 1700. The minimum absolute atomic E-state index is 0.0746. The highest BCUT2D eigenvalue weighted by Gasteiger charge is 2.38. The van der Waals surface area contributed by atoms with Gasteiger partial charge >= 0.3 is 0 Å². The third-order valence-electron chi connectivity index (χ3n) is 9.06. The largest absolute Gasteiger partial charge is 0.382 e. The Morgan fingerprint density at radius 1 is 1.13 bits per heavy atom. The standard InChI is InChI=1S/C30H38F2N10O2S/c31-28(32)17-35-20-4-6-21(7-5-20)38-26-14-30(33,36-16-24(26)25-13-22-3-1-2-12-41(22)40-25)27-10-11-34-29(39-27)19-15-37-42(18-19)45(43,44)23-8-9-23/h10-11,13-16,18,20-21,23,28,35-36,38H,1-9,12,17,33H2. The number of alkyl halides is 2. The number of nitrogens with one attached hydrogen (secondary N) is 3. The second-order valence-electron chi connectivity index (χ2n) is 12.4. The number of hydrogen-bond donors (Lipinski definition) is 4. The van der Waals surface area contributed by atoms with Crippen molar-refractivity contribution in [2.24, 2.45) is 5.73 Å². The summed E-state index contributed by atoms with van der Waals surface area (Å²) in [5.74, 6) is 0.311. The van der Waals surface area contributed by atoms with Crippen LogP contribution in [-0.4, -0.2) is 67.7 Å². The van der Waals surface area contributed by atoms with Gasteiger partial charge in [-0.1, -0.05) is 0 Å². The Morgan fingerprint density at radius 2 is 1.93 bits per heavy atom. The van der Waals surface area contributed by atoms with E-state index >= 15 is 0 Å². The molecule has 12 nitrogen and oxygen atoms in total. The van der Waals surface area contributed by atoms with Crippen LogP contribution in [-0.2, 0) is 28.7 Å². The zero-order valence-electron chi connectivity index (χ0n) is 24.9. The van der Waals surface area contributed by atoms with Crippen LogP contribution in [0.25, 0.3) is 17.0 Å². The Kier molecular flexibility index (Phi) is 7.94. The molecule has 3 aromatic rings. The van der Waals surface area contributed by atoms with Crippen LogP contribution in [0.5, 0.6) is 0 Å². The molecule has 3 aromatic heterocycles. The molecule has 7 rings (SSSR count). The van der Waals surface area contributed by atoms with Gasteiger partial charge in [-0.3, -0.25) is 4.68 Å². The monoisotopic (exact) mass is 640 g/mol. The molecule has 4 aliphatic rings. The summed E-state index contributed by atoms with van der Waals surface area (Å²) < 4.78 is 53.9. The predicted molar refractivity (Wildman–Crippen MR) is 164 cm³/mol. The maximum absolute atomic E-state index is 12.7. The molecule has 0 bridgehead atoms. The van der Waals surface area contributed by atoms with E-state index < -0.39 is 27.4 Å². The molecule has 5 heterocycles. The van der Waals surface area contributed by atoms with Gasteiger partial charge in [0.1, 0.15) is 0 Å². The molecule has 0 spiro atoms. The number of halogens is 2. The van der Waals surface area contributed by atoms with Crippen LogP contribution in [0.2, 0.25) is 0 Å². The summed E-state index contributed by atoms with van der Waals surface area (Å²) in [6.07, 6.45) is 13.6. The van der Waals surface area contributed by atoms with Crippen LogP contribution in [0.3, 0.4) is 0 Å². The Labute approximate surface area is 260 Å². The van der Waals surface area contributed by atoms with Gasteiger partial charge in [-0.25, -0.2) is 27.2 Å². The number of aryl methyl sites for hydroxylation is 2. The lowest BCUT2D eigenvalue weighted by Gasteiger charge is -2.35. The van der Waals surface area contributed by atoms with Crippen LogP contribution in [0.4, 0.5) is 8.78 Å². The summed E-state index contributed by atoms with van der Waals surface area (Å²) in [5, 5.41) is 18.6. The van der Waals surface area contributed by atoms with Gasteiger partial charge in [0.2, 0.25) is 0 Å². The number of aromatic nitrogens is 6. The molecule has 0 saturated heterocycles. The summed E-state index contributed by atoms with van der Waals surface area (Å²) in [6.45, 7) is 0.604. The Balaban J connectivity index is 1.16. The molecule has 45 heavy (non-hydrogen) atoms. The number of rotatable bonds is 10. The van der Waals surface area contributed by atoms with Gasteiger partial charge in [-0.05, 0) is 76.0 Å². The third kappa shape index (κ3) is 6.25. The number of fused-ring (bicyclic) bond motifs is 1. The molecule has 1 unspecified atom stereocenters. The molecule has 1 atom stereocenters. The fourth-order valence-corrected chi connectivity index (χ4v) is 7.85. The van der Waals surface area contributed by atoms with Crippen molar-refractivity contribution < 1.29 is 17.2 Å². The molecule has 2 aliphatic heterocycles. The lowest BCUT2D eigenvalue weighted by molar-refractivity contribution is 0.136. The van der Waals surface area contributed by atoms with Gasteiger partial charge in [0, 0.05) is 48.0 Å². The third-order valence-corrected chi connectivity index (χ3v) is 11.1. The van der Waals surface area contributed by atoms with E-state index in [0.717, 1.165) is 72.5 Å². The van der Waals surface area contributed by atoms with E-state index in [4.69, 9.17) is 15.8 Å². The van der Waals surface area contributed by atoms with Crippen LogP contribution >= 0.6 is 0 Å². The van der Waals surface area contributed by atoms with E-state index in [1.165, 1.54) is 18.1 Å². The molecule has 0 radical (unpaired) electrons. The van der Waals surface area contributed by atoms with Gasteiger partial charge in [-0.15, -0.1) is 0 Å². The van der Waals surface area contributed by atoms with E-state index in [1.807, 2.05) is 12.3 Å². The highest BCUT2D eigenvalue weighted by molar-refractivity contribution is 7.90. The maximum Gasteiger partial charge on any atom is 0.256 e.